The van der Waals surface area contributed by atoms with Gasteiger partial charge in [0.25, 0.3) is 5.56 Å². The van der Waals surface area contributed by atoms with E-state index >= 15 is 0 Å². The number of methoxy groups -OCH3 is 1. The summed E-state index contributed by atoms with van der Waals surface area (Å²) in [6.07, 6.45) is 3.23. The monoisotopic (exact) mass is 483 g/mol. The average Bonchev–Trinajstić information content (AvgIpc) is 2.66. The van der Waals surface area contributed by atoms with Gasteiger partial charge < -0.3 is 10.1 Å². The topological polar surface area (TPSA) is 73.2 Å². The van der Waals surface area contributed by atoms with E-state index in [1.165, 1.54) is 11.8 Å². The highest BCUT2D eigenvalue weighted by atomic mass is 79.9. The Morgan fingerprint density at radius 2 is 2.07 bits per heavy atom. The molecule has 2 aromatic rings. The van der Waals surface area contributed by atoms with E-state index in [1.807, 2.05) is 19.1 Å². The number of benzene rings is 1. The molecular formula is C21H30BrN3O3S. The van der Waals surface area contributed by atoms with E-state index < -0.39 is 0 Å². The summed E-state index contributed by atoms with van der Waals surface area (Å²) in [7, 11) is 1.59. The lowest BCUT2D eigenvalue weighted by molar-refractivity contribution is -0.119. The summed E-state index contributed by atoms with van der Waals surface area (Å²) in [5.41, 5.74) is 0.496. The molecule has 0 bridgehead atoms. The van der Waals surface area contributed by atoms with Gasteiger partial charge in [-0.05, 0) is 37.5 Å². The molecule has 1 amide bonds. The second kappa shape index (κ2) is 11.7. The summed E-state index contributed by atoms with van der Waals surface area (Å²) < 4.78 is 7.55. The molecule has 0 aliphatic heterocycles. The van der Waals surface area contributed by atoms with Crippen molar-refractivity contribution in [2.24, 2.45) is 5.92 Å². The number of fused-ring (bicyclic) bond motifs is 1. The van der Waals surface area contributed by atoms with Crippen LogP contribution < -0.4 is 10.9 Å². The summed E-state index contributed by atoms with van der Waals surface area (Å²) in [4.78, 5) is 29.9. The van der Waals surface area contributed by atoms with Crippen LogP contribution in [0.15, 0.2) is 32.6 Å². The molecule has 1 atom stereocenters. The van der Waals surface area contributed by atoms with E-state index in [4.69, 9.17) is 4.74 Å². The van der Waals surface area contributed by atoms with Crippen LogP contribution in [0, 0.1) is 5.92 Å². The number of aromatic nitrogens is 2. The van der Waals surface area contributed by atoms with Crippen LogP contribution in [-0.4, -0.2) is 41.0 Å². The molecular weight excluding hydrogens is 454 g/mol. The standard InChI is InChI=1S/C21H30BrN3O3S/c1-14(2)6-5-7-15(3)23-19(26)13-29-21-24-18-9-8-16(22)12-17(18)20(27)25(21)10-11-28-4/h8-9,12,14-15H,5-7,10-11,13H2,1-4H3,(H,23,26). The molecule has 0 radical (unpaired) electrons. The second-order valence-corrected chi connectivity index (χ2v) is 9.45. The van der Waals surface area contributed by atoms with Crippen LogP contribution >= 0.6 is 27.7 Å². The lowest BCUT2D eigenvalue weighted by atomic mass is 10.0. The molecule has 0 fully saturated rings. The Morgan fingerprint density at radius 3 is 2.76 bits per heavy atom. The van der Waals surface area contributed by atoms with Gasteiger partial charge in [0, 0.05) is 17.6 Å². The van der Waals surface area contributed by atoms with Crippen molar-refractivity contribution >= 4 is 44.5 Å². The molecule has 29 heavy (non-hydrogen) atoms. The lowest BCUT2D eigenvalue weighted by Crippen LogP contribution is -2.34. The van der Waals surface area contributed by atoms with Crippen LogP contribution in [0.4, 0.5) is 0 Å². The molecule has 0 aliphatic rings. The number of hydrogen-bond acceptors (Lipinski definition) is 5. The Morgan fingerprint density at radius 1 is 1.31 bits per heavy atom. The number of halogens is 1. The van der Waals surface area contributed by atoms with Gasteiger partial charge in [0.2, 0.25) is 5.91 Å². The fraction of sp³-hybridized carbons (Fsp3) is 0.571. The van der Waals surface area contributed by atoms with Gasteiger partial charge in [0.1, 0.15) is 0 Å². The normalized spacial score (nSPS) is 12.5. The van der Waals surface area contributed by atoms with Crippen molar-refractivity contribution < 1.29 is 9.53 Å². The average molecular weight is 484 g/mol. The van der Waals surface area contributed by atoms with Crippen LogP contribution in [0.1, 0.15) is 40.0 Å². The zero-order valence-corrected chi connectivity index (χ0v) is 19.9. The number of nitrogens with one attached hydrogen (secondary N) is 1. The fourth-order valence-electron chi connectivity index (χ4n) is 3.01. The first-order chi connectivity index (χ1) is 13.8. The van der Waals surface area contributed by atoms with Gasteiger partial charge >= 0.3 is 0 Å². The van der Waals surface area contributed by atoms with Crippen molar-refractivity contribution in [2.75, 3.05) is 19.5 Å². The minimum Gasteiger partial charge on any atom is -0.383 e. The first-order valence-electron chi connectivity index (χ1n) is 9.93. The predicted molar refractivity (Wildman–Crippen MR) is 123 cm³/mol. The maximum atomic E-state index is 12.9. The second-order valence-electron chi connectivity index (χ2n) is 7.59. The fourth-order valence-corrected chi connectivity index (χ4v) is 4.21. The number of carbonyl (C=O) groups excluding carboxylic acids is 1. The lowest BCUT2D eigenvalue weighted by Gasteiger charge is -2.15. The number of amides is 1. The van der Waals surface area contributed by atoms with E-state index in [-0.39, 0.29) is 23.3 Å². The van der Waals surface area contributed by atoms with Gasteiger partial charge in [0.05, 0.1) is 29.8 Å². The summed E-state index contributed by atoms with van der Waals surface area (Å²) in [6.45, 7) is 7.23. The summed E-state index contributed by atoms with van der Waals surface area (Å²) in [5, 5.41) is 4.12. The Kier molecular flexibility index (Phi) is 9.65. The molecule has 1 aromatic carbocycles. The minimum absolute atomic E-state index is 0.0458. The molecule has 2 rings (SSSR count). The van der Waals surface area contributed by atoms with E-state index in [0.717, 1.165) is 23.7 Å². The third-order valence-electron chi connectivity index (χ3n) is 4.56. The van der Waals surface area contributed by atoms with Crippen LogP contribution in [-0.2, 0) is 16.1 Å². The molecule has 6 nitrogen and oxygen atoms in total. The molecule has 0 spiro atoms. The highest BCUT2D eigenvalue weighted by molar-refractivity contribution is 9.10. The van der Waals surface area contributed by atoms with Gasteiger partial charge in [-0.2, -0.15) is 0 Å². The predicted octanol–water partition coefficient (Wildman–Crippen LogP) is 4.23. The van der Waals surface area contributed by atoms with Gasteiger partial charge in [-0.3, -0.25) is 14.2 Å². The smallest absolute Gasteiger partial charge is 0.262 e. The van der Waals surface area contributed by atoms with E-state index in [1.54, 1.807) is 17.7 Å². The van der Waals surface area contributed by atoms with E-state index in [0.29, 0.717) is 35.1 Å². The van der Waals surface area contributed by atoms with E-state index in [9.17, 15) is 9.59 Å². The molecule has 160 valence electrons. The minimum atomic E-state index is -0.127. The molecule has 1 N–H and O–H groups in total. The summed E-state index contributed by atoms with van der Waals surface area (Å²) in [5.74, 6) is 0.850. The Bertz CT molecular complexity index is 885. The molecule has 1 unspecified atom stereocenters. The Balaban J connectivity index is 2.08. The highest BCUT2D eigenvalue weighted by Gasteiger charge is 2.15. The van der Waals surface area contributed by atoms with Crippen molar-refractivity contribution in [1.82, 2.24) is 14.9 Å². The van der Waals surface area contributed by atoms with Crippen molar-refractivity contribution in [3.63, 3.8) is 0 Å². The first-order valence-corrected chi connectivity index (χ1v) is 11.7. The molecule has 0 aliphatic carbocycles. The zero-order chi connectivity index (χ0) is 21.4. The first kappa shape index (κ1) is 23.9. The third kappa shape index (κ3) is 7.42. The number of rotatable bonds is 11. The van der Waals surface area contributed by atoms with Gasteiger partial charge in [0.15, 0.2) is 5.16 Å². The van der Waals surface area contributed by atoms with Crippen LogP contribution in [0.5, 0.6) is 0 Å². The van der Waals surface area contributed by atoms with Crippen molar-refractivity contribution in [2.45, 2.75) is 57.8 Å². The number of hydrogen-bond donors (Lipinski definition) is 1. The van der Waals surface area contributed by atoms with Crippen molar-refractivity contribution in [3.8, 4) is 0 Å². The number of carbonyl (C=O) groups is 1. The van der Waals surface area contributed by atoms with Gasteiger partial charge in [-0.1, -0.05) is 54.4 Å². The van der Waals surface area contributed by atoms with E-state index in [2.05, 4.69) is 40.1 Å². The maximum absolute atomic E-state index is 12.9. The Labute approximate surface area is 184 Å². The van der Waals surface area contributed by atoms with Crippen LogP contribution in [0.2, 0.25) is 0 Å². The van der Waals surface area contributed by atoms with Gasteiger partial charge in [-0.25, -0.2) is 4.98 Å². The molecule has 0 saturated carbocycles. The number of ether oxygens (including phenoxy) is 1. The largest absolute Gasteiger partial charge is 0.383 e. The van der Waals surface area contributed by atoms with Crippen molar-refractivity contribution in [1.29, 1.82) is 0 Å². The summed E-state index contributed by atoms with van der Waals surface area (Å²) >= 11 is 4.68. The summed E-state index contributed by atoms with van der Waals surface area (Å²) in [6, 6.07) is 5.57. The SMILES string of the molecule is COCCn1c(SCC(=O)NC(C)CCCC(C)C)nc2ccc(Br)cc2c1=O. The van der Waals surface area contributed by atoms with Crippen LogP contribution in [0.25, 0.3) is 10.9 Å². The zero-order valence-electron chi connectivity index (χ0n) is 17.5. The van der Waals surface area contributed by atoms with Crippen LogP contribution in [0.3, 0.4) is 0 Å². The maximum Gasteiger partial charge on any atom is 0.262 e. The van der Waals surface area contributed by atoms with Gasteiger partial charge in [-0.15, -0.1) is 0 Å². The molecule has 1 heterocycles. The quantitative estimate of drug-likeness (QED) is 0.382. The number of thioether (sulfide) groups is 1. The highest BCUT2D eigenvalue weighted by Crippen LogP contribution is 2.20. The molecule has 8 heteroatoms. The molecule has 1 aromatic heterocycles. The van der Waals surface area contributed by atoms with Crippen molar-refractivity contribution in [3.05, 3.63) is 33.0 Å². The number of nitrogens with zero attached hydrogens (tertiary/aromatic N) is 2. The Hall–Kier alpha value is -1.38. The molecule has 0 saturated heterocycles. The third-order valence-corrected chi connectivity index (χ3v) is 6.03.